The molecule has 0 radical (unpaired) electrons. The van der Waals surface area contributed by atoms with Crippen LogP contribution in [0.1, 0.15) is 23.2 Å². The summed E-state index contributed by atoms with van der Waals surface area (Å²) in [6.07, 6.45) is 1.07. The molecule has 2 aromatic carbocycles. The molecule has 0 aliphatic carbocycles. The predicted octanol–water partition coefficient (Wildman–Crippen LogP) is 2.77. The highest BCUT2D eigenvalue weighted by Crippen LogP contribution is 2.25. The van der Waals surface area contributed by atoms with Gasteiger partial charge in [-0.3, -0.25) is 9.59 Å². The number of nitrogens with zero attached hydrogens (tertiary/aromatic N) is 1. The Morgan fingerprint density at radius 3 is 2.45 bits per heavy atom. The van der Waals surface area contributed by atoms with E-state index in [1.807, 2.05) is 6.07 Å². The number of likely N-dealkylation sites (tertiary alicyclic amines) is 1. The number of hydrogen-bond donors (Lipinski definition) is 1. The summed E-state index contributed by atoms with van der Waals surface area (Å²) >= 11 is 0. The number of halogens is 2. The number of carbonyl (C=O) groups excluding carboxylic acids is 2. The molecule has 0 bridgehead atoms. The summed E-state index contributed by atoms with van der Waals surface area (Å²) in [4.78, 5) is 26.2. The number of ether oxygens (including phenoxy) is 2. The molecule has 2 amide bonds. The van der Waals surface area contributed by atoms with Crippen molar-refractivity contribution in [2.45, 2.75) is 18.9 Å². The van der Waals surface area contributed by atoms with Gasteiger partial charge in [-0.1, -0.05) is 12.1 Å². The van der Waals surface area contributed by atoms with Crippen LogP contribution in [0.4, 0.5) is 8.78 Å². The molecule has 0 aromatic heterocycles. The number of amides is 2. The lowest BCUT2D eigenvalue weighted by Gasteiger charge is -2.32. The van der Waals surface area contributed by atoms with Gasteiger partial charge in [0.15, 0.2) is 18.1 Å². The summed E-state index contributed by atoms with van der Waals surface area (Å²) in [5, 5.41) is 2.74. The zero-order valence-electron chi connectivity index (χ0n) is 16.0. The zero-order valence-corrected chi connectivity index (χ0v) is 16.0. The van der Waals surface area contributed by atoms with Gasteiger partial charge in [0.25, 0.3) is 11.8 Å². The lowest BCUT2D eigenvalue weighted by atomic mass is 10.0. The molecule has 1 fully saturated rings. The van der Waals surface area contributed by atoms with E-state index in [4.69, 9.17) is 9.47 Å². The third kappa shape index (κ3) is 5.22. The SMILES string of the molecule is COc1ccccc1OCC(=O)N1CCC(NC(=O)c2ccc(F)cc2F)CC1. The van der Waals surface area contributed by atoms with Crippen molar-refractivity contribution in [3.8, 4) is 11.5 Å². The van der Waals surface area contributed by atoms with Gasteiger partial charge in [-0.2, -0.15) is 0 Å². The Kier molecular flexibility index (Phi) is 6.64. The standard InChI is InChI=1S/C21H22F2N2O4/c1-28-18-4-2-3-5-19(18)29-13-20(26)25-10-8-15(9-11-25)24-21(27)16-7-6-14(22)12-17(16)23/h2-7,12,15H,8-11,13H2,1H3,(H,24,27). The number of hydrogen-bond acceptors (Lipinski definition) is 4. The molecule has 1 saturated heterocycles. The molecule has 29 heavy (non-hydrogen) atoms. The third-order valence-electron chi connectivity index (χ3n) is 4.78. The van der Waals surface area contributed by atoms with E-state index in [2.05, 4.69) is 5.32 Å². The van der Waals surface area contributed by atoms with Gasteiger partial charge in [0.05, 0.1) is 12.7 Å². The number of rotatable bonds is 6. The molecule has 2 aromatic rings. The van der Waals surface area contributed by atoms with E-state index in [9.17, 15) is 18.4 Å². The Labute approximate surface area is 167 Å². The highest BCUT2D eigenvalue weighted by molar-refractivity contribution is 5.94. The highest BCUT2D eigenvalue weighted by Gasteiger charge is 2.25. The topological polar surface area (TPSA) is 67.9 Å². The summed E-state index contributed by atoms with van der Waals surface area (Å²) in [6.45, 7) is 0.786. The number of methoxy groups -OCH3 is 1. The fraction of sp³-hybridized carbons (Fsp3) is 0.333. The van der Waals surface area contributed by atoms with Gasteiger partial charge < -0.3 is 19.7 Å². The quantitative estimate of drug-likeness (QED) is 0.804. The minimum atomic E-state index is -0.899. The first kappa shape index (κ1) is 20.6. The van der Waals surface area contributed by atoms with Gasteiger partial charge in [-0.25, -0.2) is 8.78 Å². The molecular weight excluding hydrogens is 382 g/mol. The number of para-hydroxylation sites is 2. The first-order chi connectivity index (χ1) is 14.0. The van der Waals surface area contributed by atoms with Crippen LogP contribution in [-0.4, -0.2) is 49.6 Å². The minimum Gasteiger partial charge on any atom is -0.493 e. The summed E-state index contributed by atoms with van der Waals surface area (Å²) < 4.78 is 37.4. The molecule has 0 unspecified atom stereocenters. The smallest absolute Gasteiger partial charge is 0.260 e. The van der Waals surface area contributed by atoms with Crippen LogP contribution in [0.15, 0.2) is 42.5 Å². The molecule has 8 heteroatoms. The van der Waals surface area contributed by atoms with Crippen molar-refractivity contribution in [3.63, 3.8) is 0 Å². The second kappa shape index (κ2) is 9.36. The number of benzene rings is 2. The highest BCUT2D eigenvalue weighted by atomic mass is 19.1. The Bertz CT molecular complexity index is 883. The Balaban J connectivity index is 1.47. The molecule has 1 aliphatic rings. The van der Waals surface area contributed by atoms with Crippen molar-refractivity contribution in [1.29, 1.82) is 0 Å². The van der Waals surface area contributed by atoms with Crippen LogP contribution in [0, 0.1) is 11.6 Å². The van der Waals surface area contributed by atoms with Gasteiger partial charge in [-0.15, -0.1) is 0 Å². The fourth-order valence-corrected chi connectivity index (χ4v) is 3.18. The van der Waals surface area contributed by atoms with E-state index in [1.54, 1.807) is 23.1 Å². The van der Waals surface area contributed by atoms with Crippen molar-refractivity contribution in [2.24, 2.45) is 0 Å². The summed E-state index contributed by atoms with van der Waals surface area (Å²) in [5.41, 5.74) is -0.199. The number of piperidine rings is 1. The molecule has 3 rings (SSSR count). The van der Waals surface area contributed by atoms with Crippen molar-refractivity contribution >= 4 is 11.8 Å². The van der Waals surface area contributed by atoms with Gasteiger partial charge >= 0.3 is 0 Å². The van der Waals surface area contributed by atoms with Gasteiger partial charge in [0.2, 0.25) is 0 Å². The molecule has 0 saturated carbocycles. The van der Waals surface area contributed by atoms with E-state index in [-0.39, 0.29) is 24.1 Å². The zero-order chi connectivity index (χ0) is 20.8. The summed E-state index contributed by atoms with van der Waals surface area (Å²) in [7, 11) is 1.53. The molecular formula is C21H22F2N2O4. The Morgan fingerprint density at radius 1 is 1.10 bits per heavy atom. The van der Waals surface area contributed by atoms with Gasteiger partial charge in [0.1, 0.15) is 11.6 Å². The number of nitrogens with one attached hydrogen (secondary N) is 1. The molecule has 6 nitrogen and oxygen atoms in total. The van der Waals surface area contributed by atoms with Crippen LogP contribution in [0.5, 0.6) is 11.5 Å². The third-order valence-corrected chi connectivity index (χ3v) is 4.78. The van der Waals surface area contributed by atoms with Crippen molar-refractivity contribution in [3.05, 3.63) is 59.7 Å². The lowest BCUT2D eigenvalue weighted by molar-refractivity contribution is -0.134. The molecule has 1 N–H and O–H groups in total. The van der Waals surface area contributed by atoms with E-state index in [1.165, 1.54) is 7.11 Å². The van der Waals surface area contributed by atoms with Gasteiger partial charge in [0, 0.05) is 25.2 Å². The van der Waals surface area contributed by atoms with Gasteiger partial charge in [-0.05, 0) is 37.1 Å². The maximum Gasteiger partial charge on any atom is 0.260 e. The second-order valence-corrected chi connectivity index (χ2v) is 6.69. The maximum absolute atomic E-state index is 13.7. The summed E-state index contributed by atoms with van der Waals surface area (Å²) in [6, 6.07) is 9.73. The average molecular weight is 404 g/mol. The normalized spacial score (nSPS) is 14.4. The first-order valence-electron chi connectivity index (χ1n) is 9.27. The Morgan fingerprint density at radius 2 is 1.79 bits per heavy atom. The molecule has 0 atom stereocenters. The monoisotopic (exact) mass is 404 g/mol. The minimum absolute atomic E-state index is 0.113. The van der Waals surface area contributed by atoms with E-state index >= 15 is 0 Å². The first-order valence-corrected chi connectivity index (χ1v) is 9.27. The Hall–Kier alpha value is -3.16. The van der Waals surface area contributed by atoms with Crippen LogP contribution >= 0.6 is 0 Å². The lowest BCUT2D eigenvalue weighted by Crippen LogP contribution is -2.47. The van der Waals surface area contributed by atoms with Crippen LogP contribution in [-0.2, 0) is 4.79 Å². The molecule has 1 heterocycles. The molecule has 1 aliphatic heterocycles. The van der Waals surface area contributed by atoms with Crippen LogP contribution in [0.2, 0.25) is 0 Å². The van der Waals surface area contributed by atoms with E-state index in [0.29, 0.717) is 43.5 Å². The average Bonchev–Trinajstić information content (AvgIpc) is 2.72. The number of carbonyl (C=O) groups is 2. The largest absolute Gasteiger partial charge is 0.493 e. The second-order valence-electron chi connectivity index (χ2n) is 6.69. The van der Waals surface area contributed by atoms with Crippen LogP contribution in [0.25, 0.3) is 0 Å². The predicted molar refractivity (Wildman–Crippen MR) is 102 cm³/mol. The van der Waals surface area contributed by atoms with E-state index in [0.717, 1.165) is 12.1 Å². The fourth-order valence-electron chi connectivity index (χ4n) is 3.18. The van der Waals surface area contributed by atoms with Crippen molar-refractivity contribution in [1.82, 2.24) is 10.2 Å². The maximum atomic E-state index is 13.7. The van der Waals surface area contributed by atoms with Crippen molar-refractivity contribution in [2.75, 3.05) is 26.8 Å². The van der Waals surface area contributed by atoms with Crippen molar-refractivity contribution < 1.29 is 27.8 Å². The van der Waals surface area contributed by atoms with Crippen LogP contribution < -0.4 is 14.8 Å². The van der Waals surface area contributed by atoms with E-state index < -0.39 is 17.5 Å². The summed E-state index contributed by atoms with van der Waals surface area (Å²) in [5.74, 6) is -1.34. The van der Waals surface area contributed by atoms with Crippen LogP contribution in [0.3, 0.4) is 0 Å². The molecule has 0 spiro atoms. The molecule has 154 valence electrons.